The minimum atomic E-state index is 0.0267. The molecule has 0 aliphatic heterocycles. The summed E-state index contributed by atoms with van der Waals surface area (Å²) in [7, 11) is 0. The summed E-state index contributed by atoms with van der Waals surface area (Å²) in [6.07, 6.45) is 4.93. The van der Waals surface area contributed by atoms with Crippen molar-refractivity contribution in [3.05, 3.63) is 23.8 Å². The summed E-state index contributed by atoms with van der Waals surface area (Å²) in [4.78, 5) is 0. The molecule has 1 aromatic carbocycles. The molecule has 0 aliphatic carbocycles. The fourth-order valence-corrected chi connectivity index (χ4v) is 0.730. The molecule has 3 N–H and O–H groups in total. The van der Waals surface area contributed by atoms with Crippen LogP contribution in [-0.4, -0.2) is 5.11 Å². The number of hydrogen-bond donors (Lipinski definition) is 2. The van der Waals surface area contributed by atoms with Crippen molar-refractivity contribution in [2.75, 3.05) is 5.73 Å². The smallest absolute Gasteiger partial charge is 0.139 e. The Balaban J connectivity index is 3.07. The number of terminal acetylenes is 1. The van der Waals surface area contributed by atoms with Crippen molar-refractivity contribution in [2.24, 2.45) is 0 Å². The van der Waals surface area contributed by atoms with Crippen molar-refractivity contribution >= 4 is 5.69 Å². The maximum Gasteiger partial charge on any atom is 0.139 e. The van der Waals surface area contributed by atoms with Crippen LogP contribution in [0.4, 0.5) is 5.69 Å². The van der Waals surface area contributed by atoms with Gasteiger partial charge in [-0.15, -0.1) is 6.42 Å². The first kappa shape index (κ1) is 8.04. The SMILES string of the molecule is C#CC#Cc1ccc(N)c(O)c1. The van der Waals surface area contributed by atoms with E-state index in [2.05, 4.69) is 17.8 Å². The molecule has 0 aliphatic rings. The van der Waals surface area contributed by atoms with Crippen LogP contribution in [0.2, 0.25) is 0 Å². The highest BCUT2D eigenvalue weighted by Crippen LogP contribution is 2.19. The molecular weight excluding hydrogens is 150 g/mol. The van der Waals surface area contributed by atoms with Gasteiger partial charge < -0.3 is 10.8 Å². The zero-order chi connectivity index (χ0) is 8.97. The Morgan fingerprint density at radius 3 is 2.75 bits per heavy atom. The number of rotatable bonds is 0. The highest BCUT2D eigenvalue weighted by atomic mass is 16.3. The van der Waals surface area contributed by atoms with Gasteiger partial charge in [0.05, 0.1) is 5.69 Å². The van der Waals surface area contributed by atoms with Crippen LogP contribution in [0.1, 0.15) is 5.56 Å². The third-order valence-corrected chi connectivity index (χ3v) is 1.31. The Morgan fingerprint density at radius 1 is 1.42 bits per heavy atom. The van der Waals surface area contributed by atoms with Gasteiger partial charge in [0.1, 0.15) is 5.75 Å². The van der Waals surface area contributed by atoms with Gasteiger partial charge in [0.2, 0.25) is 0 Å². The van der Waals surface area contributed by atoms with E-state index in [0.717, 1.165) is 0 Å². The van der Waals surface area contributed by atoms with E-state index in [4.69, 9.17) is 17.3 Å². The largest absolute Gasteiger partial charge is 0.506 e. The fraction of sp³-hybridized carbons (Fsp3) is 0. The number of nitrogen functional groups attached to an aromatic ring is 1. The lowest BCUT2D eigenvalue weighted by atomic mass is 10.2. The van der Waals surface area contributed by atoms with E-state index >= 15 is 0 Å². The van der Waals surface area contributed by atoms with Crippen LogP contribution in [0.5, 0.6) is 5.75 Å². The van der Waals surface area contributed by atoms with Gasteiger partial charge >= 0.3 is 0 Å². The number of phenolic OH excluding ortho intramolecular Hbond substituents is 1. The first-order valence-electron chi connectivity index (χ1n) is 3.29. The highest BCUT2D eigenvalue weighted by Gasteiger charge is 1.95. The van der Waals surface area contributed by atoms with Crippen LogP contribution in [0, 0.1) is 24.2 Å². The second-order valence-corrected chi connectivity index (χ2v) is 2.17. The summed E-state index contributed by atoms with van der Waals surface area (Å²) in [6.45, 7) is 0. The predicted molar refractivity (Wildman–Crippen MR) is 48.2 cm³/mol. The lowest BCUT2D eigenvalue weighted by Gasteiger charge is -1.96. The zero-order valence-electron chi connectivity index (χ0n) is 6.33. The summed E-state index contributed by atoms with van der Waals surface area (Å²) < 4.78 is 0. The molecule has 0 unspecified atom stereocenters. The van der Waals surface area contributed by atoms with E-state index in [0.29, 0.717) is 11.3 Å². The molecule has 0 saturated heterocycles. The van der Waals surface area contributed by atoms with E-state index in [1.54, 1.807) is 12.1 Å². The highest BCUT2D eigenvalue weighted by molar-refractivity contribution is 5.56. The number of phenols is 1. The standard InChI is InChI=1S/C10H7NO/c1-2-3-4-8-5-6-9(11)10(12)7-8/h1,5-7,12H,11H2. The molecule has 0 fully saturated rings. The number of hydrogen-bond acceptors (Lipinski definition) is 2. The van der Waals surface area contributed by atoms with Crippen molar-refractivity contribution < 1.29 is 5.11 Å². The monoisotopic (exact) mass is 157 g/mol. The van der Waals surface area contributed by atoms with Crippen LogP contribution in [0.25, 0.3) is 0 Å². The molecule has 0 bridgehead atoms. The summed E-state index contributed by atoms with van der Waals surface area (Å²) >= 11 is 0. The lowest BCUT2D eigenvalue weighted by Crippen LogP contribution is -1.85. The summed E-state index contributed by atoms with van der Waals surface area (Å²) in [5, 5.41) is 9.15. The number of nitrogens with two attached hydrogens (primary N) is 1. The van der Waals surface area contributed by atoms with E-state index in [9.17, 15) is 0 Å². The van der Waals surface area contributed by atoms with Crippen molar-refractivity contribution in [3.63, 3.8) is 0 Å². The van der Waals surface area contributed by atoms with E-state index in [1.807, 2.05) is 0 Å². The Hall–Kier alpha value is -2.06. The van der Waals surface area contributed by atoms with E-state index in [-0.39, 0.29) is 5.75 Å². The fourth-order valence-electron chi connectivity index (χ4n) is 0.730. The Morgan fingerprint density at radius 2 is 2.17 bits per heavy atom. The average molecular weight is 157 g/mol. The van der Waals surface area contributed by atoms with Gasteiger partial charge in [0.15, 0.2) is 0 Å². The summed E-state index contributed by atoms with van der Waals surface area (Å²) in [5.41, 5.74) is 6.37. The first-order valence-corrected chi connectivity index (χ1v) is 3.29. The number of anilines is 1. The summed E-state index contributed by atoms with van der Waals surface area (Å²) in [6, 6.07) is 4.74. The minimum Gasteiger partial charge on any atom is -0.506 e. The molecule has 1 aromatic rings. The van der Waals surface area contributed by atoms with Gasteiger partial charge in [-0.2, -0.15) is 0 Å². The van der Waals surface area contributed by atoms with Gasteiger partial charge in [-0.25, -0.2) is 0 Å². The van der Waals surface area contributed by atoms with E-state index in [1.165, 1.54) is 6.07 Å². The lowest BCUT2D eigenvalue weighted by molar-refractivity contribution is 0.478. The second-order valence-electron chi connectivity index (χ2n) is 2.17. The predicted octanol–water partition coefficient (Wildman–Crippen LogP) is 0.959. The topological polar surface area (TPSA) is 46.2 Å². The minimum absolute atomic E-state index is 0.0267. The average Bonchev–Trinajstić information content (AvgIpc) is 2.07. The molecule has 0 amide bonds. The van der Waals surface area contributed by atoms with Crippen molar-refractivity contribution in [1.82, 2.24) is 0 Å². The maximum absolute atomic E-state index is 9.15. The van der Waals surface area contributed by atoms with Crippen molar-refractivity contribution in [1.29, 1.82) is 0 Å². The third-order valence-electron chi connectivity index (χ3n) is 1.31. The molecule has 0 aromatic heterocycles. The van der Waals surface area contributed by atoms with E-state index < -0.39 is 0 Å². The number of aromatic hydroxyl groups is 1. The van der Waals surface area contributed by atoms with Crippen molar-refractivity contribution in [3.8, 4) is 29.9 Å². The molecular formula is C10H7NO. The van der Waals surface area contributed by atoms with Gasteiger partial charge in [-0.3, -0.25) is 0 Å². The third kappa shape index (κ3) is 1.71. The quantitative estimate of drug-likeness (QED) is 0.334. The van der Waals surface area contributed by atoms with Crippen LogP contribution in [0.3, 0.4) is 0 Å². The molecule has 0 spiro atoms. The normalized spacial score (nSPS) is 7.92. The Labute approximate surface area is 71.0 Å². The van der Waals surface area contributed by atoms with Crippen LogP contribution < -0.4 is 5.73 Å². The van der Waals surface area contributed by atoms with Crippen LogP contribution >= 0.6 is 0 Å². The second kappa shape index (κ2) is 3.37. The summed E-state index contributed by atoms with van der Waals surface area (Å²) in [5.74, 6) is 7.30. The molecule has 0 atom stereocenters. The molecule has 0 saturated carbocycles. The molecule has 2 heteroatoms. The molecule has 1 rings (SSSR count). The van der Waals surface area contributed by atoms with Gasteiger partial charge in [0.25, 0.3) is 0 Å². The van der Waals surface area contributed by atoms with Crippen LogP contribution in [0.15, 0.2) is 18.2 Å². The molecule has 58 valence electrons. The Kier molecular flexibility index (Phi) is 2.26. The molecule has 12 heavy (non-hydrogen) atoms. The zero-order valence-corrected chi connectivity index (χ0v) is 6.33. The maximum atomic E-state index is 9.15. The number of benzene rings is 1. The molecule has 2 nitrogen and oxygen atoms in total. The van der Waals surface area contributed by atoms with Gasteiger partial charge in [0, 0.05) is 5.56 Å². The Bertz CT molecular complexity index is 391. The van der Waals surface area contributed by atoms with Crippen LogP contribution in [-0.2, 0) is 0 Å². The molecule has 0 heterocycles. The van der Waals surface area contributed by atoms with Gasteiger partial charge in [-0.1, -0.05) is 5.92 Å². The first-order chi connectivity index (χ1) is 5.74. The molecule has 0 radical (unpaired) electrons. The van der Waals surface area contributed by atoms with Gasteiger partial charge in [-0.05, 0) is 30.0 Å². The van der Waals surface area contributed by atoms with Crippen molar-refractivity contribution in [2.45, 2.75) is 0 Å².